The Hall–Kier alpha value is -1.10. The van der Waals surface area contributed by atoms with Crippen molar-refractivity contribution in [3.05, 3.63) is 62.8 Å². The van der Waals surface area contributed by atoms with Crippen LogP contribution in [0.25, 0.3) is 0 Å². The van der Waals surface area contributed by atoms with E-state index in [1.807, 2.05) is 25.1 Å². The third kappa shape index (κ3) is 3.32. The van der Waals surface area contributed by atoms with Crippen LogP contribution in [-0.2, 0) is 0 Å². The first-order chi connectivity index (χ1) is 9.52. The van der Waals surface area contributed by atoms with E-state index in [9.17, 15) is 4.39 Å². The maximum absolute atomic E-state index is 13.2. The standard InChI is InChI=1S/C15H14BrClFNO/c1-2-20-14-6-4-9(7-11(14)16)15(19)10-3-5-13(18)12(17)8-10/h3-8,15H,2,19H2,1H3. The molecule has 0 fully saturated rings. The molecule has 0 amide bonds. The van der Waals surface area contributed by atoms with E-state index < -0.39 is 5.82 Å². The van der Waals surface area contributed by atoms with Gasteiger partial charge in [0.15, 0.2) is 0 Å². The molecule has 2 N–H and O–H groups in total. The molecule has 20 heavy (non-hydrogen) atoms. The summed E-state index contributed by atoms with van der Waals surface area (Å²) in [6.45, 7) is 2.52. The molecule has 106 valence electrons. The van der Waals surface area contributed by atoms with Crippen LogP contribution in [0.4, 0.5) is 4.39 Å². The number of rotatable bonds is 4. The van der Waals surface area contributed by atoms with Crippen LogP contribution >= 0.6 is 27.5 Å². The summed E-state index contributed by atoms with van der Waals surface area (Å²) in [5.41, 5.74) is 7.83. The largest absolute Gasteiger partial charge is 0.493 e. The van der Waals surface area contributed by atoms with Gasteiger partial charge in [0.25, 0.3) is 0 Å². The zero-order valence-electron chi connectivity index (χ0n) is 10.9. The predicted molar refractivity (Wildman–Crippen MR) is 82.8 cm³/mol. The Balaban J connectivity index is 2.30. The van der Waals surface area contributed by atoms with Gasteiger partial charge < -0.3 is 10.5 Å². The lowest BCUT2D eigenvalue weighted by Crippen LogP contribution is -2.12. The van der Waals surface area contributed by atoms with Crippen molar-refractivity contribution in [2.75, 3.05) is 6.61 Å². The molecule has 0 aromatic heterocycles. The Bertz CT molecular complexity index is 621. The van der Waals surface area contributed by atoms with Crippen molar-refractivity contribution in [3.8, 4) is 5.75 Å². The van der Waals surface area contributed by atoms with Gasteiger partial charge in [0, 0.05) is 0 Å². The zero-order valence-corrected chi connectivity index (χ0v) is 13.2. The molecular formula is C15H14BrClFNO. The lowest BCUT2D eigenvalue weighted by molar-refractivity contribution is 0.338. The van der Waals surface area contributed by atoms with E-state index in [-0.39, 0.29) is 11.1 Å². The topological polar surface area (TPSA) is 35.2 Å². The van der Waals surface area contributed by atoms with E-state index in [1.54, 1.807) is 12.1 Å². The lowest BCUT2D eigenvalue weighted by atomic mass is 9.99. The minimum Gasteiger partial charge on any atom is -0.493 e. The van der Waals surface area contributed by atoms with Crippen molar-refractivity contribution in [2.24, 2.45) is 5.73 Å². The summed E-state index contributed by atoms with van der Waals surface area (Å²) in [6.07, 6.45) is 0. The van der Waals surface area contributed by atoms with Gasteiger partial charge in [0.2, 0.25) is 0 Å². The van der Waals surface area contributed by atoms with Crippen LogP contribution in [0, 0.1) is 5.82 Å². The Morgan fingerprint density at radius 1 is 1.25 bits per heavy atom. The highest BCUT2D eigenvalue weighted by Crippen LogP contribution is 2.30. The zero-order chi connectivity index (χ0) is 14.7. The van der Waals surface area contributed by atoms with Gasteiger partial charge in [-0.25, -0.2) is 4.39 Å². The molecule has 0 aliphatic heterocycles. The highest BCUT2D eigenvalue weighted by Gasteiger charge is 2.13. The number of ether oxygens (including phenoxy) is 1. The average Bonchev–Trinajstić information content (AvgIpc) is 2.43. The number of hydrogen-bond acceptors (Lipinski definition) is 2. The lowest BCUT2D eigenvalue weighted by Gasteiger charge is -2.15. The van der Waals surface area contributed by atoms with Crippen LogP contribution in [0.5, 0.6) is 5.75 Å². The fourth-order valence-electron chi connectivity index (χ4n) is 1.88. The van der Waals surface area contributed by atoms with Crippen molar-refractivity contribution in [1.29, 1.82) is 0 Å². The van der Waals surface area contributed by atoms with Crippen LogP contribution in [0.2, 0.25) is 5.02 Å². The molecule has 2 nitrogen and oxygen atoms in total. The molecule has 0 radical (unpaired) electrons. The molecule has 0 aliphatic carbocycles. The Kier molecular flexibility index (Phi) is 5.02. The quantitative estimate of drug-likeness (QED) is 0.860. The van der Waals surface area contributed by atoms with E-state index in [0.717, 1.165) is 21.3 Å². The predicted octanol–water partition coefficient (Wildman–Crippen LogP) is 4.69. The summed E-state index contributed by atoms with van der Waals surface area (Å²) in [7, 11) is 0. The first-order valence-corrected chi connectivity index (χ1v) is 7.32. The number of hydrogen-bond donors (Lipinski definition) is 1. The van der Waals surface area contributed by atoms with E-state index in [2.05, 4.69) is 15.9 Å². The number of nitrogens with two attached hydrogens (primary N) is 1. The van der Waals surface area contributed by atoms with Gasteiger partial charge in [-0.3, -0.25) is 0 Å². The molecule has 0 bridgehead atoms. The van der Waals surface area contributed by atoms with E-state index in [4.69, 9.17) is 22.1 Å². The summed E-state index contributed by atoms with van der Waals surface area (Å²) in [5.74, 6) is 0.316. The van der Waals surface area contributed by atoms with E-state index in [1.165, 1.54) is 6.07 Å². The molecule has 1 atom stereocenters. The minimum absolute atomic E-state index is 0.0722. The van der Waals surface area contributed by atoms with Crippen molar-refractivity contribution in [2.45, 2.75) is 13.0 Å². The molecule has 0 saturated heterocycles. The smallest absolute Gasteiger partial charge is 0.141 e. The maximum Gasteiger partial charge on any atom is 0.141 e. The van der Waals surface area contributed by atoms with Crippen molar-refractivity contribution in [3.63, 3.8) is 0 Å². The van der Waals surface area contributed by atoms with Crippen LogP contribution in [0.15, 0.2) is 40.9 Å². The third-order valence-corrected chi connectivity index (χ3v) is 3.83. The molecule has 2 aromatic carbocycles. The van der Waals surface area contributed by atoms with E-state index in [0.29, 0.717) is 6.61 Å². The van der Waals surface area contributed by atoms with Crippen LogP contribution in [0.1, 0.15) is 24.1 Å². The van der Waals surface area contributed by atoms with Crippen LogP contribution in [-0.4, -0.2) is 6.61 Å². The SMILES string of the molecule is CCOc1ccc(C(N)c2ccc(F)c(Cl)c2)cc1Br. The summed E-state index contributed by atoms with van der Waals surface area (Å²) in [6, 6.07) is 9.77. The normalized spacial score (nSPS) is 12.2. The molecule has 0 spiro atoms. The van der Waals surface area contributed by atoms with Gasteiger partial charge in [-0.1, -0.05) is 23.7 Å². The van der Waals surface area contributed by atoms with Gasteiger partial charge in [0.1, 0.15) is 11.6 Å². The third-order valence-electron chi connectivity index (χ3n) is 2.92. The molecule has 0 aliphatic rings. The first kappa shape index (κ1) is 15.3. The van der Waals surface area contributed by atoms with E-state index >= 15 is 0 Å². The Labute approximate surface area is 130 Å². The second-order valence-electron chi connectivity index (χ2n) is 4.27. The van der Waals surface area contributed by atoms with Gasteiger partial charge in [-0.05, 0) is 58.2 Å². The van der Waals surface area contributed by atoms with Crippen molar-refractivity contribution >= 4 is 27.5 Å². The molecule has 2 rings (SSSR count). The molecular weight excluding hydrogens is 345 g/mol. The molecule has 0 heterocycles. The molecule has 0 saturated carbocycles. The first-order valence-electron chi connectivity index (χ1n) is 6.15. The summed E-state index contributed by atoms with van der Waals surface area (Å²) in [4.78, 5) is 0. The average molecular weight is 359 g/mol. The molecule has 5 heteroatoms. The van der Waals surface area contributed by atoms with Gasteiger partial charge in [0.05, 0.1) is 22.1 Å². The fourth-order valence-corrected chi connectivity index (χ4v) is 2.58. The summed E-state index contributed by atoms with van der Waals surface area (Å²) in [5, 5.41) is 0.0722. The van der Waals surface area contributed by atoms with Crippen LogP contribution < -0.4 is 10.5 Å². The number of halogens is 3. The summed E-state index contributed by atoms with van der Waals surface area (Å²) < 4.78 is 19.5. The van der Waals surface area contributed by atoms with Crippen molar-refractivity contribution < 1.29 is 9.13 Å². The second-order valence-corrected chi connectivity index (χ2v) is 5.54. The summed E-state index contributed by atoms with van der Waals surface area (Å²) >= 11 is 9.23. The highest BCUT2D eigenvalue weighted by molar-refractivity contribution is 9.10. The van der Waals surface area contributed by atoms with Gasteiger partial charge in [-0.15, -0.1) is 0 Å². The minimum atomic E-state index is -0.449. The second kappa shape index (κ2) is 6.57. The van der Waals surface area contributed by atoms with Gasteiger partial charge in [-0.2, -0.15) is 0 Å². The molecule has 1 unspecified atom stereocenters. The Morgan fingerprint density at radius 3 is 2.50 bits per heavy atom. The van der Waals surface area contributed by atoms with Crippen molar-refractivity contribution in [1.82, 2.24) is 0 Å². The number of benzene rings is 2. The van der Waals surface area contributed by atoms with Gasteiger partial charge >= 0.3 is 0 Å². The Morgan fingerprint density at radius 2 is 1.90 bits per heavy atom. The monoisotopic (exact) mass is 357 g/mol. The van der Waals surface area contributed by atoms with Crippen LogP contribution in [0.3, 0.4) is 0 Å². The molecule has 2 aromatic rings. The fraction of sp³-hybridized carbons (Fsp3) is 0.200. The highest BCUT2D eigenvalue weighted by atomic mass is 79.9. The maximum atomic E-state index is 13.2.